The quantitative estimate of drug-likeness (QED) is 0.231. The van der Waals surface area contributed by atoms with Crippen LogP contribution in [0.15, 0.2) is 5.11 Å². The average Bonchev–Trinajstić information content (AvgIpc) is 1.63. The third kappa shape index (κ3) is 6.87. The van der Waals surface area contributed by atoms with Crippen LogP contribution in [0.2, 0.25) is 0 Å². The number of ether oxygens (including phenoxy) is 1. The predicted octanol–water partition coefficient (Wildman–Crippen LogP) is 0.0993. The fourth-order valence-electron chi connectivity index (χ4n) is 0.201. The van der Waals surface area contributed by atoms with E-state index in [1.54, 1.807) is 0 Å². The van der Waals surface area contributed by atoms with Gasteiger partial charge in [0.15, 0.2) is 7.05 Å². The lowest BCUT2D eigenvalue weighted by atomic mass is 10.8. The molecule has 0 rings (SSSR count). The summed E-state index contributed by atoms with van der Waals surface area (Å²) in [5.41, 5.74) is 0. The van der Waals surface area contributed by atoms with Crippen LogP contribution in [0.5, 0.6) is 0 Å². The fourth-order valence-corrected chi connectivity index (χ4v) is 0.201. The van der Waals surface area contributed by atoms with Crippen LogP contribution in [0.4, 0.5) is 0 Å². The van der Waals surface area contributed by atoms with Crippen LogP contribution in [0.25, 0.3) is 0 Å². The molecule has 9 heavy (non-hydrogen) atoms. The Bertz CT molecular complexity index is 128. The number of hydroxylamine groups is 1. The second-order valence-electron chi connectivity index (χ2n) is 1.37. The van der Waals surface area contributed by atoms with Crippen molar-refractivity contribution in [1.29, 1.82) is 0 Å². The van der Waals surface area contributed by atoms with Crippen molar-refractivity contribution in [2.75, 3.05) is 13.8 Å². The largest absolute Gasteiger partial charge is 0.600 e. The molecule has 0 aromatic carbocycles. The van der Waals surface area contributed by atoms with Gasteiger partial charge in [-0.25, -0.2) is 0 Å². The second-order valence-corrected chi connectivity index (χ2v) is 1.37. The molecule has 0 saturated carbocycles. The van der Waals surface area contributed by atoms with Gasteiger partial charge in [0.25, 0.3) is 0 Å². The minimum Gasteiger partial charge on any atom is -0.600 e. The van der Waals surface area contributed by atoms with Crippen LogP contribution in [0, 0.1) is 5.21 Å². The Balaban J connectivity index is 3.31. The zero-order valence-corrected chi connectivity index (χ0v) is 5.33. The van der Waals surface area contributed by atoms with Crippen molar-refractivity contribution >= 4 is 5.97 Å². The van der Waals surface area contributed by atoms with Crippen molar-refractivity contribution < 1.29 is 14.4 Å². The van der Waals surface area contributed by atoms with Crippen LogP contribution in [0.3, 0.4) is 0 Å². The number of hydrogen-bond acceptors (Lipinski definition) is 4. The van der Waals surface area contributed by atoms with E-state index >= 15 is 0 Å². The van der Waals surface area contributed by atoms with Gasteiger partial charge in [-0.05, 0) is 0 Å². The SMILES string of the molecule is CC(=O)OC/N=[N+](/C)[O-]. The van der Waals surface area contributed by atoms with E-state index in [4.69, 9.17) is 0 Å². The first-order chi connectivity index (χ1) is 4.13. The maximum Gasteiger partial charge on any atom is 0.304 e. The van der Waals surface area contributed by atoms with E-state index in [2.05, 4.69) is 9.85 Å². The van der Waals surface area contributed by atoms with E-state index in [0.717, 1.165) is 0 Å². The molecule has 52 valence electrons. The molecule has 0 N–H and O–H groups in total. The molecule has 5 heteroatoms. The summed E-state index contributed by atoms with van der Waals surface area (Å²) in [5.74, 6) is -0.444. The van der Waals surface area contributed by atoms with E-state index in [1.165, 1.54) is 14.0 Å². The Labute approximate surface area is 52.5 Å². The first-order valence-electron chi connectivity index (χ1n) is 2.34. The van der Waals surface area contributed by atoms with Crippen molar-refractivity contribution in [3.8, 4) is 0 Å². The minimum atomic E-state index is -0.444. The number of azo groups is 1. The molecule has 0 heterocycles. The summed E-state index contributed by atoms with van der Waals surface area (Å²) in [6, 6.07) is 0. The molecule has 0 saturated heterocycles. The molecule has 0 aliphatic rings. The summed E-state index contributed by atoms with van der Waals surface area (Å²) >= 11 is 0. The van der Waals surface area contributed by atoms with Gasteiger partial charge in [0.1, 0.15) is 0 Å². The first kappa shape index (κ1) is 7.87. The van der Waals surface area contributed by atoms with Gasteiger partial charge in [0, 0.05) is 12.0 Å². The highest BCUT2D eigenvalue weighted by atomic mass is 16.6. The minimum absolute atomic E-state index is 0.199. The highest BCUT2D eigenvalue weighted by Crippen LogP contribution is 1.76. The number of carbonyl (C=O) groups excluding carboxylic acids is 1. The summed E-state index contributed by atoms with van der Waals surface area (Å²) in [6.45, 7) is 1.05. The van der Waals surface area contributed by atoms with Gasteiger partial charge < -0.3 is 9.94 Å². The Morgan fingerprint density at radius 1 is 1.89 bits per heavy atom. The molecule has 5 nitrogen and oxygen atoms in total. The third-order valence-corrected chi connectivity index (χ3v) is 0.525. The van der Waals surface area contributed by atoms with Crippen LogP contribution in [0.1, 0.15) is 6.92 Å². The van der Waals surface area contributed by atoms with Crippen LogP contribution in [-0.4, -0.2) is 24.6 Å². The van der Waals surface area contributed by atoms with E-state index in [9.17, 15) is 10.0 Å². The van der Waals surface area contributed by atoms with Gasteiger partial charge in [-0.1, -0.05) is 4.86 Å². The highest BCUT2D eigenvalue weighted by Gasteiger charge is 1.89. The summed E-state index contributed by atoms with van der Waals surface area (Å²) in [6.07, 6.45) is 0. The molecule has 0 spiro atoms. The van der Waals surface area contributed by atoms with Gasteiger partial charge in [0.2, 0.25) is 6.73 Å². The summed E-state index contributed by atoms with van der Waals surface area (Å²) < 4.78 is 4.31. The number of esters is 1. The van der Waals surface area contributed by atoms with Crippen molar-refractivity contribution in [3.05, 3.63) is 5.21 Å². The lowest BCUT2D eigenvalue weighted by molar-refractivity contribution is -0.502. The molecule has 0 aliphatic carbocycles. The number of carbonyl (C=O) groups is 1. The van der Waals surface area contributed by atoms with Gasteiger partial charge in [-0.2, -0.15) is 0 Å². The maximum atomic E-state index is 10.0. The lowest BCUT2D eigenvalue weighted by Gasteiger charge is -1.93. The molecule has 0 fully saturated rings. The van der Waals surface area contributed by atoms with E-state index < -0.39 is 5.97 Å². The molecular formula is C4H8N2O3. The Hall–Kier alpha value is -1.13. The highest BCUT2D eigenvalue weighted by molar-refractivity contribution is 5.65. The number of nitrogens with zero attached hydrogens (tertiary/aromatic N) is 2. The van der Waals surface area contributed by atoms with E-state index in [1.807, 2.05) is 0 Å². The second kappa shape index (κ2) is 3.82. The van der Waals surface area contributed by atoms with Crippen molar-refractivity contribution in [2.24, 2.45) is 5.11 Å². The van der Waals surface area contributed by atoms with Gasteiger partial charge in [-0.3, -0.25) is 4.79 Å². The molecule has 0 atom stereocenters. The molecular weight excluding hydrogens is 124 g/mol. The Morgan fingerprint density at radius 2 is 2.44 bits per heavy atom. The monoisotopic (exact) mass is 132 g/mol. The normalized spacial score (nSPS) is 11.1. The molecule has 0 bridgehead atoms. The Morgan fingerprint density at radius 3 is 2.78 bits per heavy atom. The third-order valence-electron chi connectivity index (χ3n) is 0.525. The topological polar surface area (TPSA) is 64.7 Å². The van der Waals surface area contributed by atoms with E-state index in [-0.39, 0.29) is 6.73 Å². The smallest absolute Gasteiger partial charge is 0.304 e. The van der Waals surface area contributed by atoms with Crippen molar-refractivity contribution in [1.82, 2.24) is 0 Å². The zero-order chi connectivity index (χ0) is 7.28. The number of hydrogen-bond donors (Lipinski definition) is 0. The Kier molecular flexibility index (Phi) is 3.34. The fraction of sp³-hybridized carbons (Fsp3) is 0.750. The molecule has 0 aromatic heterocycles. The standard InChI is InChI=1S/C4H8N2O3/c1-4(7)9-3-5-6(2)8/h3H2,1-2H3/b6-5-. The summed E-state index contributed by atoms with van der Waals surface area (Å²) in [4.78, 5) is 10.4. The van der Waals surface area contributed by atoms with Gasteiger partial charge in [-0.15, -0.1) is 0 Å². The summed E-state index contributed by atoms with van der Waals surface area (Å²) in [7, 11) is 1.21. The van der Waals surface area contributed by atoms with Crippen LogP contribution >= 0.6 is 0 Å². The molecule has 0 amide bonds. The van der Waals surface area contributed by atoms with Gasteiger partial charge >= 0.3 is 5.97 Å². The number of rotatable bonds is 2. The zero-order valence-electron chi connectivity index (χ0n) is 5.33. The van der Waals surface area contributed by atoms with Crippen molar-refractivity contribution in [3.63, 3.8) is 0 Å². The molecule has 0 unspecified atom stereocenters. The van der Waals surface area contributed by atoms with Crippen LogP contribution < -0.4 is 0 Å². The average molecular weight is 132 g/mol. The van der Waals surface area contributed by atoms with Gasteiger partial charge in [0.05, 0.1) is 0 Å². The predicted molar refractivity (Wildman–Crippen MR) is 28.6 cm³/mol. The molecule has 0 aromatic rings. The lowest BCUT2D eigenvalue weighted by Crippen LogP contribution is -2.00. The molecule has 0 aliphatic heterocycles. The van der Waals surface area contributed by atoms with E-state index in [0.29, 0.717) is 4.86 Å². The van der Waals surface area contributed by atoms with Crippen molar-refractivity contribution in [2.45, 2.75) is 6.92 Å². The maximum absolute atomic E-state index is 10.0. The summed E-state index contributed by atoms with van der Waals surface area (Å²) in [5, 5.41) is 13.2. The first-order valence-corrected chi connectivity index (χ1v) is 2.34. The van der Waals surface area contributed by atoms with Crippen LogP contribution in [-0.2, 0) is 9.53 Å². The molecule has 0 radical (unpaired) electrons.